The minimum Gasteiger partial charge on any atom is -0.495 e. The fraction of sp³-hybridized carbons (Fsp3) is 0.235. The molecule has 140 valence electrons. The molecule has 9 heteroatoms. The molecule has 0 aliphatic rings. The van der Waals surface area contributed by atoms with Crippen molar-refractivity contribution in [2.45, 2.75) is 4.90 Å². The third-order valence-electron chi connectivity index (χ3n) is 3.52. The predicted molar refractivity (Wildman–Crippen MR) is 102 cm³/mol. The Balaban J connectivity index is 2.13. The molecule has 0 saturated carbocycles. The van der Waals surface area contributed by atoms with E-state index in [1.165, 1.54) is 39.4 Å². The average Bonchev–Trinajstić information content (AvgIpc) is 2.61. The highest BCUT2D eigenvalue weighted by molar-refractivity contribution is 7.89. The summed E-state index contributed by atoms with van der Waals surface area (Å²) in [6.07, 6.45) is 0. The number of hydrogen-bond acceptors (Lipinski definition) is 5. The molecule has 0 heterocycles. The summed E-state index contributed by atoms with van der Waals surface area (Å²) in [6.45, 7) is -0.00452. The van der Waals surface area contributed by atoms with Crippen LogP contribution in [0.15, 0.2) is 47.4 Å². The molecule has 2 rings (SSSR count). The van der Waals surface area contributed by atoms with E-state index in [9.17, 15) is 13.2 Å². The van der Waals surface area contributed by atoms with Gasteiger partial charge in [0.15, 0.2) is 0 Å². The molecular weight excluding hydrogens is 378 g/mol. The standard InChI is InChI=1S/C17H20ClN3O4S/c1-21(2)26(23,24)14-8-9-16(25-3)15(10-14)20-17(22)11-19-13-6-4-12(18)5-7-13/h4-10,19H,11H2,1-3H3,(H,20,22). The summed E-state index contributed by atoms with van der Waals surface area (Å²) in [5.41, 5.74) is 1.01. The number of rotatable bonds is 7. The number of ether oxygens (including phenoxy) is 1. The number of carbonyl (C=O) groups excluding carboxylic acids is 1. The Labute approximate surface area is 158 Å². The van der Waals surface area contributed by atoms with Gasteiger partial charge in [0.25, 0.3) is 0 Å². The average molecular weight is 398 g/mol. The number of benzene rings is 2. The SMILES string of the molecule is COc1ccc(S(=O)(=O)N(C)C)cc1NC(=O)CNc1ccc(Cl)cc1. The van der Waals surface area contributed by atoms with Gasteiger partial charge in [0.1, 0.15) is 5.75 Å². The number of nitrogens with zero attached hydrogens (tertiary/aromatic N) is 1. The largest absolute Gasteiger partial charge is 0.495 e. The summed E-state index contributed by atoms with van der Waals surface area (Å²) in [6, 6.07) is 11.2. The second kappa shape index (κ2) is 8.39. The first-order valence-corrected chi connectivity index (χ1v) is 9.45. The van der Waals surface area contributed by atoms with Crippen molar-refractivity contribution in [3.8, 4) is 5.75 Å². The van der Waals surface area contributed by atoms with E-state index in [2.05, 4.69) is 10.6 Å². The summed E-state index contributed by atoms with van der Waals surface area (Å²) < 4.78 is 30.8. The fourth-order valence-corrected chi connectivity index (χ4v) is 3.15. The minimum absolute atomic E-state index is 0.00452. The number of carbonyl (C=O) groups is 1. The normalized spacial score (nSPS) is 11.3. The summed E-state index contributed by atoms with van der Waals surface area (Å²) in [7, 11) is 0.697. The number of amides is 1. The zero-order valence-electron chi connectivity index (χ0n) is 14.6. The Morgan fingerprint density at radius 2 is 1.81 bits per heavy atom. The number of methoxy groups -OCH3 is 1. The van der Waals surface area contributed by atoms with E-state index in [0.717, 1.165) is 9.99 Å². The number of nitrogens with one attached hydrogen (secondary N) is 2. The van der Waals surface area contributed by atoms with Gasteiger partial charge in [-0.05, 0) is 42.5 Å². The van der Waals surface area contributed by atoms with Crippen molar-refractivity contribution in [1.29, 1.82) is 0 Å². The number of sulfonamides is 1. The summed E-state index contributed by atoms with van der Waals surface area (Å²) in [5.74, 6) is 0.0141. The molecule has 0 aliphatic carbocycles. The van der Waals surface area contributed by atoms with E-state index in [-0.39, 0.29) is 23.0 Å². The van der Waals surface area contributed by atoms with E-state index in [1.807, 2.05) is 0 Å². The van der Waals surface area contributed by atoms with Crippen LogP contribution in [0.1, 0.15) is 0 Å². The zero-order chi connectivity index (χ0) is 19.3. The number of halogens is 1. The molecule has 2 aromatic carbocycles. The maximum atomic E-state index is 12.3. The summed E-state index contributed by atoms with van der Waals surface area (Å²) in [5, 5.41) is 6.21. The first-order valence-electron chi connectivity index (χ1n) is 7.64. The highest BCUT2D eigenvalue weighted by Gasteiger charge is 2.19. The topological polar surface area (TPSA) is 87.7 Å². The van der Waals surface area contributed by atoms with Gasteiger partial charge in [-0.15, -0.1) is 0 Å². The third kappa shape index (κ3) is 4.87. The molecule has 0 aliphatic heterocycles. The van der Waals surface area contributed by atoms with Crippen LogP contribution in [-0.2, 0) is 14.8 Å². The maximum absolute atomic E-state index is 12.3. The second-order valence-electron chi connectivity index (χ2n) is 5.56. The van der Waals surface area contributed by atoms with Crippen molar-refractivity contribution in [1.82, 2.24) is 4.31 Å². The van der Waals surface area contributed by atoms with Gasteiger partial charge in [-0.2, -0.15) is 0 Å². The van der Waals surface area contributed by atoms with Crippen molar-refractivity contribution in [2.24, 2.45) is 0 Å². The molecule has 0 aromatic heterocycles. The van der Waals surface area contributed by atoms with Crippen LogP contribution in [0, 0.1) is 0 Å². The van der Waals surface area contributed by atoms with E-state index >= 15 is 0 Å². The predicted octanol–water partition coefficient (Wildman–Crippen LogP) is 2.65. The molecule has 2 aromatic rings. The van der Waals surface area contributed by atoms with E-state index in [0.29, 0.717) is 10.8 Å². The van der Waals surface area contributed by atoms with Crippen LogP contribution in [0.25, 0.3) is 0 Å². The van der Waals surface area contributed by atoms with Crippen LogP contribution < -0.4 is 15.4 Å². The number of hydrogen-bond donors (Lipinski definition) is 2. The van der Waals surface area contributed by atoms with Crippen molar-refractivity contribution < 1.29 is 17.9 Å². The summed E-state index contributed by atoms with van der Waals surface area (Å²) in [4.78, 5) is 12.3. The van der Waals surface area contributed by atoms with Crippen molar-refractivity contribution in [2.75, 3.05) is 38.4 Å². The van der Waals surface area contributed by atoms with Crippen LogP contribution in [-0.4, -0.2) is 46.4 Å². The van der Waals surface area contributed by atoms with Crippen LogP contribution in [0.3, 0.4) is 0 Å². The van der Waals surface area contributed by atoms with E-state index in [4.69, 9.17) is 16.3 Å². The Morgan fingerprint density at radius 1 is 1.15 bits per heavy atom. The molecule has 7 nitrogen and oxygen atoms in total. The fourth-order valence-electron chi connectivity index (χ4n) is 2.10. The molecule has 0 atom stereocenters. The smallest absolute Gasteiger partial charge is 0.243 e. The van der Waals surface area contributed by atoms with E-state index < -0.39 is 10.0 Å². The van der Waals surface area contributed by atoms with Gasteiger partial charge in [0.05, 0.1) is 24.2 Å². The molecule has 0 unspecified atom stereocenters. The molecule has 26 heavy (non-hydrogen) atoms. The van der Waals surface area contributed by atoms with Gasteiger partial charge >= 0.3 is 0 Å². The van der Waals surface area contributed by atoms with Gasteiger partial charge in [-0.1, -0.05) is 11.6 Å². The molecule has 2 N–H and O–H groups in total. The monoisotopic (exact) mass is 397 g/mol. The minimum atomic E-state index is -3.62. The van der Waals surface area contributed by atoms with Crippen molar-refractivity contribution in [3.63, 3.8) is 0 Å². The summed E-state index contributed by atoms with van der Waals surface area (Å²) >= 11 is 5.82. The van der Waals surface area contributed by atoms with Crippen LogP contribution in [0.5, 0.6) is 5.75 Å². The van der Waals surface area contributed by atoms with Crippen molar-refractivity contribution in [3.05, 3.63) is 47.5 Å². The Hall–Kier alpha value is -2.29. The maximum Gasteiger partial charge on any atom is 0.243 e. The lowest BCUT2D eigenvalue weighted by Gasteiger charge is -2.15. The highest BCUT2D eigenvalue weighted by atomic mass is 35.5. The lowest BCUT2D eigenvalue weighted by molar-refractivity contribution is -0.114. The van der Waals surface area contributed by atoms with Gasteiger partial charge in [-0.25, -0.2) is 12.7 Å². The van der Waals surface area contributed by atoms with Gasteiger partial charge in [-0.3, -0.25) is 4.79 Å². The molecular formula is C17H20ClN3O4S. The Bertz CT molecular complexity index is 883. The Kier molecular flexibility index (Phi) is 6.47. The molecule has 1 amide bonds. The van der Waals surface area contributed by atoms with Crippen LogP contribution >= 0.6 is 11.6 Å². The third-order valence-corrected chi connectivity index (χ3v) is 5.58. The quantitative estimate of drug-likeness (QED) is 0.749. The first kappa shape index (κ1) is 20.0. The Morgan fingerprint density at radius 3 is 2.38 bits per heavy atom. The van der Waals surface area contributed by atoms with Gasteiger partial charge in [0, 0.05) is 24.8 Å². The lowest BCUT2D eigenvalue weighted by atomic mass is 10.3. The highest BCUT2D eigenvalue weighted by Crippen LogP contribution is 2.28. The zero-order valence-corrected chi connectivity index (χ0v) is 16.2. The molecule has 0 fully saturated rings. The van der Waals surface area contributed by atoms with Crippen LogP contribution in [0.4, 0.5) is 11.4 Å². The number of anilines is 2. The lowest BCUT2D eigenvalue weighted by Crippen LogP contribution is -2.24. The van der Waals surface area contributed by atoms with Crippen LogP contribution in [0.2, 0.25) is 5.02 Å². The second-order valence-corrected chi connectivity index (χ2v) is 8.15. The molecule has 0 bridgehead atoms. The van der Waals surface area contributed by atoms with Gasteiger partial charge in [0.2, 0.25) is 15.9 Å². The van der Waals surface area contributed by atoms with E-state index in [1.54, 1.807) is 24.3 Å². The first-order chi connectivity index (χ1) is 12.2. The van der Waals surface area contributed by atoms with Gasteiger partial charge < -0.3 is 15.4 Å². The molecule has 0 saturated heterocycles. The molecule has 0 spiro atoms. The molecule has 0 radical (unpaired) electrons. The van der Waals surface area contributed by atoms with Crippen molar-refractivity contribution >= 4 is 38.9 Å².